The predicted octanol–water partition coefficient (Wildman–Crippen LogP) is 2.36. The Morgan fingerprint density at radius 2 is 2.15 bits per heavy atom. The number of fused-ring (bicyclic) bond motifs is 1. The highest BCUT2D eigenvalue weighted by Crippen LogP contribution is 2.30. The van der Waals surface area contributed by atoms with E-state index in [1.54, 1.807) is 13.1 Å². The van der Waals surface area contributed by atoms with Crippen molar-refractivity contribution in [3.8, 4) is 0 Å². The van der Waals surface area contributed by atoms with Gasteiger partial charge in [-0.25, -0.2) is 4.79 Å². The van der Waals surface area contributed by atoms with Crippen LogP contribution in [0, 0.1) is 0 Å². The third-order valence-electron chi connectivity index (χ3n) is 3.62. The van der Waals surface area contributed by atoms with Crippen molar-refractivity contribution in [2.75, 3.05) is 7.05 Å². The summed E-state index contributed by atoms with van der Waals surface area (Å²) < 4.78 is 0. The molecular weight excluding hydrogens is 301 g/mol. The second-order valence-corrected chi connectivity index (χ2v) is 5.75. The standard InChI is InChI=1S/C13H13Cl2N3O2/c1-18-12(19)10(17-13(18)20)2-6-5-16-11-8(6)3-7(14)4-9(11)15/h3-5,10,12,16,19H,2H2,1H3,(H,17,20)/t10-,12?/m1/s1. The van der Waals surface area contributed by atoms with Crippen molar-refractivity contribution in [2.24, 2.45) is 0 Å². The Morgan fingerprint density at radius 3 is 2.80 bits per heavy atom. The van der Waals surface area contributed by atoms with Gasteiger partial charge in [-0.2, -0.15) is 0 Å². The summed E-state index contributed by atoms with van der Waals surface area (Å²) >= 11 is 12.1. The summed E-state index contributed by atoms with van der Waals surface area (Å²) in [5.41, 5.74) is 1.75. The van der Waals surface area contributed by atoms with Crippen molar-refractivity contribution in [3.05, 3.63) is 33.9 Å². The van der Waals surface area contributed by atoms with Gasteiger partial charge in [0.1, 0.15) is 0 Å². The van der Waals surface area contributed by atoms with Crippen LogP contribution in [0.3, 0.4) is 0 Å². The van der Waals surface area contributed by atoms with Crippen LogP contribution in [0.25, 0.3) is 10.9 Å². The highest BCUT2D eigenvalue weighted by molar-refractivity contribution is 6.38. The number of benzene rings is 1. The van der Waals surface area contributed by atoms with Gasteiger partial charge in [0, 0.05) is 23.7 Å². The van der Waals surface area contributed by atoms with Gasteiger partial charge in [-0.3, -0.25) is 0 Å². The molecule has 106 valence electrons. The largest absolute Gasteiger partial charge is 0.371 e. The van der Waals surface area contributed by atoms with Crippen LogP contribution >= 0.6 is 23.2 Å². The van der Waals surface area contributed by atoms with Crippen molar-refractivity contribution in [3.63, 3.8) is 0 Å². The van der Waals surface area contributed by atoms with Gasteiger partial charge >= 0.3 is 6.03 Å². The fourth-order valence-electron chi connectivity index (χ4n) is 2.50. The number of nitrogens with one attached hydrogen (secondary N) is 2. The molecule has 0 bridgehead atoms. The molecule has 0 spiro atoms. The summed E-state index contributed by atoms with van der Waals surface area (Å²) in [6.45, 7) is 0. The number of hydrogen-bond acceptors (Lipinski definition) is 2. The molecule has 1 aromatic carbocycles. The minimum absolute atomic E-state index is 0.279. The summed E-state index contributed by atoms with van der Waals surface area (Å²) in [7, 11) is 1.56. The van der Waals surface area contributed by atoms with Crippen molar-refractivity contribution in [1.29, 1.82) is 0 Å². The molecule has 3 rings (SSSR count). The molecule has 2 atom stereocenters. The zero-order chi connectivity index (χ0) is 14.4. The number of rotatable bonds is 2. The maximum Gasteiger partial charge on any atom is 0.319 e. The van der Waals surface area contributed by atoms with Gasteiger partial charge in [-0.15, -0.1) is 0 Å². The van der Waals surface area contributed by atoms with E-state index in [0.29, 0.717) is 16.5 Å². The molecule has 1 aliphatic heterocycles. The Balaban J connectivity index is 1.94. The summed E-state index contributed by atoms with van der Waals surface area (Å²) in [4.78, 5) is 15.9. The molecular formula is C13H13Cl2N3O2. The number of aromatic amines is 1. The number of hydrogen-bond donors (Lipinski definition) is 3. The molecule has 1 aliphatic rings. The number of carbonyl (C=O) groups excluding carboxylic acids is 1. The average Bonchev–Trinajstić information content (AvgIpc) is 2.88. The first-order chi connectivity index (χ1) is 9.47. The third-order valence-corrected chi connectivity index (χ3v) is 4.13. The molecule has 2 aromatic rings. The number of H-pyrrole nitrogens is 1. The topological polar surface area (TPSA) is 68.4 Å². The van der Waals surface area contributed by atoms with Crippen LogP contribution in [0.15, 0.2) is 18.3 Å². The molecule has 7 heteroatoms. The number of aliphatic hydroxyl groups is 1. The highest BCUT2D eigenvalue weighted by atomic mass is 35.5. The quantitative estimate of drug-likeness (QED) is 0.796. The number of halogens is 2. The molecule has 1 unspecified atom stereocenters. The summed E-state index contributed by atoms with van der Waals surface area (Å²) in [6.07, 6.45) is 1.47. The highest BCUT2D eigenvalue weighted by Gasteiger charge is 2.35. The molecule has 3 N–H and O–H groups in total. The third kappa shape index (κ3) is 2.12. The maximum atomic E-state index is 11.5. The van der Waals surface area contributed by atoms with Crippen molar-refractivity contribution >= 4 is 40.1 Å². The molecule has 0 aliphatic carbocycles. The lowest BCUT2D eigenvalue weighted by molar-refractivity contribution is 0.0564. The second-order valence-electron chi connectivity index (χ2n) is 4.91. The van der Waals surface area contributed by atoms with Crippen LogP contribution in [0.5, 0.6) is 0 Å². The van der Waals surface area contributed by atoms with Crippen molar-refractivity contribution in [2.45, 2.75) is 18.7 Å². The number of aromatic nitrogens is 1. The fraction of sp³-hybridized carbons (Fsp3) is 0.308. The van der Waals surface area contributed by atoms with Crippen LogP contribution < -0.4 is 5.32 Å². The first-order valence-corrected chi connectivity index (χ1v) is 6.89. The molecule has 2 amide bonds. The first-order valence-electron chi connectivity index (χ1n) is 6.14. The smallest absolute Gasteiger partial charge is 0.319 e. The van der Waals surface area contributed by atoms with E-state index < -0.39 is 6.23 Å². The van der Waals surface area contributed by atoms with E-state index in [-0.39, 0.29) is 12.1 Å². The van der Waals surface area contributed by atoms with E-state index in [0.717, 1.165) is 16.5 Å². The monoisotopic (exact) mass is 313 g/mol. The Hall–Kier alpha value is -1.43. The minimum atomic E-state index is -0.845. The Bertz CT molecular complexity index is 686. The summed E-state index contributed by atoms with van der Waals surface area (Å²) in [5, 5.41) is 14.7. The van der Waals surface area contributed by atoms with Gasteiger partial charge in [0.25, 0.3) is 0 Å². The van der Waals surface area contributed by atoms with Crippen LogP contribution in [0.2, 0.25) is 10.0 Å². The Kier molecular flexibility index (Phi) is 3.28. The van der Waals surface area contributed by atoms with Gasteiger partial charge in [0.05, 0.1) is 16.6 Å². The lowest BCUT2D eigenvalue weighted by atomic mass is 10.0. The number of urea groups is 1. The molecule has 0 radical (unpaired) electrons. The van der Waals surface area contributed by atoms with E-state index in [9.17, 15) is 9.90 Å². The van der Waals surface area contributed by atoms with Crippen molar-refractivity contribution < 1.29 is 9.90 Å². The number of amides is 2. The molecule has 1 fully saturated rings. The fourth-order valence-corrected chi connectivity index (χ4v) is 3.05. The van der Waals surface area contributed by atoms with Crippen LogP contribution in [-0.2, 0) is 6.42 Å². The van der Waals surface area contributed by atoms with E-state index >= 15 is 0 Å². The van der Waals surface area contributed by atoms with E-state index in [2.05, 4.69) is 10.3 Å². The summed E-state index contributed by atoms with van der Waals surface area (Å²) in [5.74, 6) is 0. The van der Waals surface area contributed by atoms with Gasteiger partial charge in [0.2, 0.25) is 0 Å². The minimum Gasteiger partial charge on any atom is -0.371 e. The lowest BCUT2D eigenvalue weighted by Crippen LogP contribution is -2.35. The zero-order valence-corrected chi connectivity index (χ0v) is 12.2. The molecule has 20 heavy (non-hydrogen) atoms. The molecule has 1 aromatic heterocycles. The predicted molar refractivity (Wildman–Crippen MR) is 78.1 cm³/mol. The summed E-state index contributed by atoms with van der Waals surface area (Å²) in [6, 6.07) is 2.86. The van der Waals surface area contributed by atoms with Gasteiger partial charge in [-0.05, 0) is 24.1 Å². The van der Waals surface area contributed by atoms with Gasteiger partial charge in [0.15, 0.2) is 6.23 Å². The number of carbonyl (C=O) groups is 1. The van der Waals surface area contributed by atoms with Crippen LogP contribution in [-0.4, -0.2) is 40.3 Å². The first kappa shape index (κ1) is 13.5. The van der Waals surface area contributed by atoms with Gasteiger partial charge < -0.3 is 20.3 Å². The van der Waals surface area contributed by atoms with Crippen LogP contribution in [0.1, 0.15) is 5.56 Å². The van der Waals surface area contributed by atoms with E-state index in [1.807, 2.05) is 12.3 Å². The molecule has 2 heterocycles. The SMILES string of the molecule is CN1C(=O)N[C@H](Cc2c[nH]c3c(Cl)cc(Cl)cc23)C1O. The lowest BCUT2D eigenvalue weighted by Gasteiger charge is -2.16. The second kappa shape index (κ2) is 4.84. The van der Waals surface area contributed by atoms with E-state index in [4.69, 9.17) is 23.2 Å². The Morgan fingerprint density at radius 1 is 1.40 bits per heavy atom. The molecule has 0 saturated carbocycles. The zero-order valence-electron chi connectivity index (χ0n) is 10.7. The maximum absolute atomic E-state index is 11.5. The number of nitrogens with zero attached hydrogens (tertiary/aromatic N) is 1. The van der Waals surface area contributed by atoms with Crippen molar-refractivity contribution in [1.82, 2.24) is 15.2 Å². The average molecular weight is 314 g/mol. The number of aliphatic hydroxyl groups excluding tert-OH is 1. The normalized spacial score (nSPS) is 22.6. The molecule has 5 nitrogen and oxygen atoms in total. The Labute approximate surface area is 125 Å². The van der Waals surface area contributed by atoms with Crippen LogP contribution in [0.4, 0.5) is 4.79 Å². The van der Waals surface area contributed by atoms with E-state index in [1.165, 1.54) is 4.90 Å². The number of likely N-dealkylation sites (N-methyl/N-ethyl adjacent to an activating group) is 1. The van der Waals surface area contributed by atoms with Gasteiger partial charge in [-0.1, -0.05) is 23.2 Å². The molecule has 1 saturated heterocycles.